The van der Waals surface area contributed by atoms with E-state index in [1.165, 1.54) is 28.9 Å². The number of amides is 1. The van der Waals surface area contributed by atoms with Crippen molar-refractivity contribution in [3.63, 3.8) is 0 Å². The lowest BCUT2D eigenvalue weighted by molar-refractivity contribution is -0.141. The highest BCUT2D eigenvalue weighted by Gasteiger charge is 2.35. The zero-order chi connectivity index (χ0) is 22.0. The third-order valence-corrected chi connectivity index (χ3v) is 4.90. The Morgan fingerprint density at radius 2 is 1.48 bits per heavy atom. The number of rotatable bonds is 5. The fourth-order valence-electron chi connectivity index (χ4n) is 3.31. The summed E-state index contributed by atoms with van der Waals surface area (Å²) in [6.45, 7) is 0. The predicted molar refractivity (Wildman–Crippen MR) is 112 cm³/mol. The number of nitrogens with zero attached hydrogens (tertiary/aromatic N) is 2. The quantitative estimate of drug-likeness (QED) is 0.479. The molecule has 156 valence electrons. The Balaban J connectivity index is 1.71. The van der Waals surface area contributed by atoms with Crippen molar-refractivity contribution in [2.24, 2.45) is 5.73 Å². The van der Waals surface area contributed by atoms with E-state index >= 15 is 0 Å². The zero-order valence-corrected chi connectivity index (χ0v) is 16.3. The van der Waals surface area contributed by atoms with Crippen LogP contribution in [0.2, 0.25) is 0 Å². The predicted octanol–water partition coefficient (Wildman–Crippen LogP) is 5.25. The van der Waals surface area contributed by atoms with Gasteiger partial charge in [-0.25, -0.2) is 4.68 Å². The van der Waals surface area contributed by atoms with Gasteiger partial charge < -0.3 is 5.73 Å². The monoisotopic (exact) mass is 421 g/mol. The number of carbonyl (C=O) groups excluding carboxylic acids is 1. The molecule has 1 heterocycles. The number of hydrogen-bond donors (Lipinski definition) is 1. The van der Waals surface area contributed by atoms with Gasteiger partial charge in [0.2, 0.25) is 5.91 Å². The second-order valence-corrected chi connectivity index (χ2v) is 7.09. The minimum absolute atomic E-state index is 0.263. The Morgan fingerprint density at radius 1 is 0.871 bits per heavy atom. The first kappa shape index (κ1) is 20.4. The van der Waals surface area contributed by atoms with Crippen LogP contribution < -0.4 is 5.73 Å². The van der Waals surface area contributed by atoms with E-state index in [4.69, 9.17) is 5.73 Å². The fraction of sp³-hybridized carbons (Fsp3) is 0.0833. The van der Waals surface area contributed by atoms with Crippen molar-refractivity contribution < 1.29 is 18.0 Å². The van der Waals surface area contributed by atoms with Gasteiger partial charge in [0.1, 0.15) is 0 Å². The molecule has 7 heteroatoms. The molecule has 0 aliphatic carbocycles. The smallest absolute Gasteiger partial charge is 0.366 e. The molecule has 0 atom stereocenters. The maximum Gasteiger partial charge on any atom is 0.435 e. The highest BCUT2D eigenvalue weighted by atomic mass is 19.4. The van der Waals surface area contributed by atoms with Crippen molar-refractivity contribution in [3.05, 3.63) is 107 Å². The highest BCUT2D eigenvalue weighted by molar-refractivity contribution is 5.92. The van der Waals surface area contributed by atoms with Gasteiger partial charge in [-0.15, -0.1) is 0 Å². The van der Waals surface area contributed by atoms with Crippen molar-refractivity contribution in [1.29, 1.82) is 0 Å². The van der Waals surface area contributed by atoms with Crippen LogP contribution >= 0.6 is 0 Å². The van der Waals surface area contributed by atoms with Crippen LogP contribution in [-0.4, -0.2) is 15.7 Å². The van der Waals surface area contributed by atoms with Crippen LogP contribution in [0.5, 0.6) is 0 Å². The molecule has 0 saturated carbocycles. The van der Waals surface area contributed by atoms with E-state index in [0.29, 0.717) is 16.9 Å². The molecule has 0 aliphatic rings. The first-order valence-electron chi connectivity index (χ1n) is 9.52. The third-order valence-electron chi connectivity index (χ3n) is 4.90. The van der Waals surface area contributed by atoms with Crippen molar-refractivity contribution in [1.82, 2.24) is 9.78 Å². The number of nitrogens with two attached hydrogens (primary N) is 1. The van der Waals surface area contributed by atoms with Gasteiger partial charge in [-0.05, 0) is 47.9 Å². The van der Waals surface area contributed by atoms with Crippen LogP contribution in [0.1, 0.15) is 27.2 Å². The van der Waals surface area contributed by atoms with Crippen molar-refractivity contribution in [2.45, 2.75) is 12.6 Å². The van der Waals surface area contributed by atoms with Crippen LogP contribution in [0.4, 0.5) is 13.2 Å². The first-order valence-corrected chi connectivity index (χ1v) is 9.52. The Morgan fingerprint density at radius 3 is 2.06 bits per heavy atom. The summed E-state index contributed by atoms with van der Waals surface area (Å²) < 4.78 is 41.3. The third kappa shape index (κ3) is 4.50. The SMILES string of the molecule is NC(=O)c1ccc(-n2nc(C(F)(F)F)cc2-c2ccc(Cc3ccccc3)cc2)cc1. The van der Waals surface area contributed by atoms with Gasteiger partial charge in [-0.3, -0.25) is 4.79 Å². The number of carbonyl (C=O) groups is 1. The molecular weight excluding hydrogens is 403 g/mol. The molecule has 1 amide bonds. The largest absolute Gasteiger partial charge is 0.435 e. The first-order chi connectivity index (χ1) is 14.8. The van der Waals surface area contributed by atoms with Crippen LogP contribution in [0.3, 0.4) is 0 Å². The van der Waals surface area contributed by atoms with Crippen molar-refractivity contribution in [3.8, 4) is 16.9 Å². The average molecular weight is 421 g/mol. The van der Waals surface area contributed by atoms with Gasteiger partial charge in [-0.1, -0.05) is 54.6 Å². The van der Waals surface area contributed by atoms with Crippen molar-refractivity contribution >= 4 is 5.91 Å². The average Bonchev–Trinajstić information content (AvgIpc) is 3.21. The number of halogens is 3. The molecule has 0 radical (unpaired) electrons. The summed E-state index contributed by atoms with van der Waals surface area (Å²) >= 11 is 0. The van der Waals surface area contributed by atoms with Gasteiger partial charge in [-0.2, -0.15) is 18.3 Å². The molecule has 4 rings (SSSR count). The Bertz CT molecular complexity index is 1200. The minimum atomic E-state index is -4.58. The summed E-state index contributed by atoms with van der Waals surface area (Å²) in [7, 11) is 0. The molecular formula is C24H18F3N3O. The van der Waals surface area contributed by atoms with Gasteiger partial charge >= 0.3 is 6.18 Å². The second-order valence-electron chi connectivity index (χ2n) is 7.09. The number of primary amides is 1. The van der Waals surface area contributed by atoms with E-state index < -0.39 is 17.8 Å². The molecule has 3 aromatic carbocycles. The van der Waals surface area contributed by atoms with E-state index in [1.54, 1.807) is 12.1 Å². The maximum atomic E-state index is 13.4. The molecule has 0 bridgehead atoms. The zero-order valence-electron chi connectivity index (χ0n) is 16.3. The molecule has 4 nitrogen and oxygen atoms in total. The van der Waals surface area contributed by atoms with Gasteiger partial charge in [0.25, 0.3) is 0 Å². The van der Waals surface area contributed by atoms with Gasteiger partial charge in [0.15, 0.2) is 5.69 Å². The number of benzene rings is 3. The lowest BCUT2D eigenvalue weighted by Gasteiger charge is -2.09. The second kappa shape index (κ2) is 8.10. The topological polar surface area (TPSA) is 60.9 Å². The normalized spacial score (nSPS) is 11.5. The molecule has 0 fully saturated rings. The van der Waals surface area contributed by atoms with Crippen LogP contribution in [0.25, 0.3) is 16.9 Å². The van der Waals surface area contributed by atoms with Crippen LogP contribution in [0.15, 0.2) is 84.9 Å². The Labute approximate surface area is 176 Å². The maximum absolute atomic E-state index is 13.4. The fourth-order valence-corrected chi connectivity index (χ4v) is 3.31. The summed E-state index contributed by atoms with van der Waals surface area (Å²) in [4.78, 5) is 11.3. The van der Waals surface area contributed by atoms with Gasteiger partial charge in [0, 0.05) is 11.1 Å². The molecule has 0 spiro atoms. The Kier molecular flexibility index (Phi) is 5.33. The standard InChI is InChI=1S/C24H18F3N3O/c25-24(26,27)22-15-21(30(29-22)20-12-10-19(11-13-20)23(28)31)18-8-6-17(7-9-18)14-16-4-2-1-3-5-16/h1-13,15H,14H2,(H2,28,31). The number of hydrogen-bond acceptors (Lipinski definition) is 2. The summed E-state index contributed by atoms with van der Waals surface area (Å²) in [6.07, 6.45) is -3.86. The molecule has 0 unspecified atom stereocenters. The van der Waals surface area contributed by atoms with E-state index in [-0.39, 0.29) is 5.56 Å². The van der Waals surface area contributed by atoms with Crippen LogP contribution in [-0.2, 0) is 12.6 Å². The summed E-state index contributed by atoms with van der Waals surface area (Å²) in [5.41, 5.74) is 7.99. The highest BCUT2D eigenvalue weighted by Crippen LogP contribution is 2.33. The van der Waals surface area contributed by atoms with E-state index in [0.717, 1.165) is 23.6 Å². The van der Waals surface area contributed by atoms with E-state index in [9.17, 15) is 18.0 Å². The Hall–Kier alpha value is -3.87. The number of aromatic nitrogens is 2. The van der Waals surface area contributed by atoms with Gasteiger partial charge in [0.05, 0.1) is 11.4 Å². The van der Waals surface area contributed by atoms with E-state index in [2.05, 4.69) is 5.10 Å². The van der Waals surface area contributed by atoms with Crippen LogP contribution in [0, 0.1) is 0 Å². The lowest BCUT2D eigenvalue weighted by Crippen LogP contribution is -2.11. The lowest BCUT2D eigenvalue weighted by atomic mass is 10.0. The molecule has 0 saturated heterocycles. The minimum Gasteiger partial charge on any atom is -0.366 e. The summed E-state index contributed by atoms with van der Waals surface area (Å²) in [5.74, 6) is -0.614. The summed E-state index contributed by atoms with van der Waals surface area (Å²) in [5, 5.41) is 3.77. The molecule has 2 N–H and O–H groups in total. The number of alkyl halides is 3. The van der Waals surface area contributed by atoms with Crippen molar-refractivity contribution in [2.75, 3.05) is 0 Å². The molecule has 4 aromatic rings. The summed E-state index contributed by atoms with van der Waals surface area (Å²) in [6, 6.07) is 24.2. The molecule has 0 aliphatic heterocycles. The molecule has 1 aromatic heterocycles. The molecule has 31 heavy (non-hydrogen) atoms. The van der Waals surface area contributed by atoms with E-state index in [1.807, 2.05) is 42.5 Å².